The van der Waals surface area contributed by atoms with E-state index in [9.17, 15) is 19.2 Å². The van der Waals surface area contributed by atoms with Crippen LogP contribution in [0.5, 0.6) is 5.06 Å². The summed E-state index contributed by atoms with van der Waals surface area (Å²) in [6.45, 7) is 4.42. The second-order valence-electron chi connectivity index (χ2n) is 10.9. The molecule has 1 N–H and O–H groups in total. The van der Waals surface area contributed by atoms with Gasteiger partial charge < -0.3 is 19.9 Å². The highest BCUT2D eigenvalue weighted by atomic mass is 32.1. The summed E-state index contributed by atoms with van der Waals surface area (Å²) in [5, 5.41) is 3.19. The van der Waals surface area contributed by atoms with Crippen LogP contribution in [0.3, 0.4) is 0 Å². The lowest BCUT2D eigenvalue weighted by atomic mass is 10.0. The number of carbonyl (C=O) groups is 4. The summed E-state index contributed by atoms with van der Waals surface area (Å²) in [6, 6.07) is 11.7. The highest BCUT2D eigenvalue weighted by Crippen LogP contribution is 2.35. The van der Waals surface area contributed by atoms with Crippen molar-refractivity contribution in [3.8, 4) is 15.5 Å². The van der Waals surface area contributed by atoms with E-state index in [2.05, 4.69) is 5.32 Å². The molecule has 3 heterocycles. The first-order chi connectivity index (χ1) is 18.3. The average Bonchev–Trinajstić information content (AvgIpc) is 3.69. The maximum absolute atomic E-state index is 13.7. The largest absolute Gasteiger partial charge is 0.414 e. The van der Waals surface area contributed by atoms with E-state index in [0.29, 0.717) is 24.4 Å². The number of amides is 3. The normalized spacial score (nSPS) is 22.1. The zero-order chi connectivity index (χ0) is 26.8. The maximum atomic E-state index is 13.7. The van der Waals surface area contributed by atoms with Gasteiger partial charge in [0.15, 0.2) is 10.8 Å². The van der Waals surface area contributed by atoms with E-state index in [0.717, 1.165) is 36.1 Å². The molecule has 2 aliphatic heterocycles. The predicted octanol–water partition coefficient (Wildman–Crippen LogP) is 4.49. The number of Topliss-reactive ketones (excluding diaryl/α,β-unsaturated/α-hetero) is 1. The summed E-state index contributed by atoms with van der Waals surface area (Å²) < 4.78 is 5.53. The molecule has 202 valence electrons. The number of thiophene rings is 1. The minimum atomic E-state index is -0.817. The van der Waals surface area contributed by atoms with Crippen molar-refractivity contribution in [3.63, 3.8) is 0 Å². The lowest BCUT2D eigenvalue weighted by molar-refractivity contribution is -0.138. The van der Waals surface area contributed by atoms with Gasteiger partial charge in [-0.2, -0.15) is 0 Å². The van der Waals surface area contributed by atoms with E-state index in [1.165, 1.54) is 11.3 Å². The van der Waals surface area contributed by atoms with Crippen LogP contribution in [0.25, 0.3) is 10.4 Å². The summed E-state index contributed by atoms with van der Waals surface area (Å²) in [4.78, 5) is 56.9. The topological polar surface area (TPSA) is 96.0 Å². The van der Waals surface area contributed by atoms with Gasteiger partial charge in [0.05, 0.1) is 12.6 Å². The third-order valence-corrected chi connectivity index (χ3v) is 8.84. The number of rotatable bonds is 7. The van der Waals surface area contributed by atoms with Gasteiger partial charge >= 0.3 is 6.09 Å². The lowest BCUT2D eigenvalue weighted by Crippen LogP contribution is -2.53. The van der Waals surface area contributed by atoms with E-state index < -0.39 is 18.2 Å². The van der Waals surface area contributed by atoms with Gasteiger partial charge in [0, 0.05) is 17.3 Å². The molecule has 1 aromatic carbocycles. The predicted molar refractivity (Wildman–Crippen MR) is 145 cm³/mol. The fraction of sp³-hybridized carbons (Fsp3) is 0.517. The van der Waals surface area contributed by atoms with E-state index in [-0.39, 0.29) is 42.0 Å². The molecule has 3 fully saturated rings. The molecule has 0 spiro atoms. The summed E-state index contributed by atoms with van der Waals surface area (Å²) in [5.41, 5.74) is 1.03. The number of nitrogens with one attached hydrogen (secondary N) is 1. The zero-order valence-electron chi connectivity index (χ0n) is 21.9. The number of fused-ring (bicyclic) bond motifs is 1. The van der Waals surface area contributed by atoms with E-state index >= 15 is 0 Å². The Morgan fingerprint density at radius 2 is 1.76 bits per heavy atom. The van der Waals surface area contributed by atoms with Crippen molar-refractivity contribution in [1.82, 2.24) is 15.1 Å². The average molecular weight is 538 g/mol. The third kappa shape index (κ3) is 5.48. The van der Waals surface area contributed by atoms with Crippen LogP contribution < -0.4 is 10.1 Å². The molecular formula is C29H35N3O5S. The smallest absolute Gasteiger partial charge is 0.399 e. The Hall–Kier alpha value is -3.20. The molecule has 2 saturated heterocycles. The molecule has 1 saturated carbocycles. The van der Waals surface area contributed by atoms with Crippen molar-refractivity contribution in [1.29, 1.82) is 0 Å². The molecule has 1 aliphatic carbocycles. The van der Waals surface area contributed by atoms with Crippen LogP contribution in [0.2, 0.25) is 0 Å². The van der Waals surface area contributed by atoms with Crippen molar-refractivity contribution < 1.29 is 23.9 Å². The second-order valence-corrected chi connectivity index (χ2v) is 12.0. The minimum Gasteiger partial charge on any atom is -0.399 e. The number of ether oxygens (including phenoxy) is 1. The van der Waals surface area contributed by atoms with E-state index in [1.54, 1.807) is 15.9 Å². The van der Waals surface area contributed by atoms with Gasteiger partial charge in [0.2, 0.25) is 11.8 Å². The molecule has 3 atom stereocenters. The van der Waals surface area contributed by atoms with Gasteiger partial charge in [0.25, 0.3) is 0 Å². The van der Waals surface area contributed by atoms with Crippen molar-refractivity contribution in [3.05, 3.63) is 42.5 Å². The van der Waals surface area contributed by atoms with Crippen molar-refractivity contribution in [2.75, 3.05) is 13.1 Å². The maximum Gasteiger partial charge on any atom is 0.414 e. The van der Waals surface area contributed by atoms with Gasteiger partial charge in [0.1, 0.15) is 12.1 Å². The zero-order valence-corrected chi connectivity index (χ0v) is 22.7. The van der Waals surface area contributed by atoms with Gasteiger partial charge in [-0.15, -0.1) is 0 Å². The van der Waals surface area contributed by atoms with Crippen LogP contribution in [-0.2, 0) is 14.4 Å². The van der Waals surface area contributed by atoms with Crippen LogP contribution in [-0.4, -0.2) is 64.7 Å². The number of carbonyl (C=O) groups excluding carboxylic acids is 4. The summed E-state index contributed by atoms with van der Waals surface area (Å²) >= 11 is 1.35. The Morgan fingerprint density at radius 1 is 1.03 bits per heavy atom. The molecule has 2 aromatic rings. The highest BCUT2D eigenvalue weighted by molar-refractivity contribution is 7.17. The van der Waals surface area contributed by atoms with Crippen molar-refractivity contribution in [2.24, 2.45) is 11.8 Å². The number of likely N-dealkylation sites (tertiary alicyclic amines) is 2. The number of hydrogen-bond acceptors (Lipinski definition) is 6. The summed E-state index contributed by atoms with van der Waals surface area (Å²) in [6.07, 6.45) is 4.16. The van der Waals surface area contributed by atoms with Gasteiger partial charge in [-0.05, 0) is 49.3 Å². The molecular weight excluding hydrogens is 502 g/mol. The Kier molecular flexibility index (Phi) is 7.83. The van der Waals surface area contributed by atoms with Crippen LogP contribution in [0, 0.1) is 11.8 Å². The molecule has 3 amide bonds. The quantitative estimate of drug-likeness (QED) is 0.562. The van der Waals surface area contributed by atoms with Crippen molar-refractivity contribution >= 4 is 35.0 Å². The number of nitrogens with zero attached hydrogens (tertiary/aromatic N) is 2. The van der Waals surface area contributed by atoms with Crippen LogP contribution >= 0.6 is 11.3 Å². The Morgan fingerprint density at radius 3 is 2.47 bits per heavy atom. The van der Waals surface area contributed by atoms with Crippen LogP contribution in [0.1, 0.15) is 52.4 Å². The first-order valence-electron chi connectivity index (χ1n) is 13.6. The fourth-order valence-electron chi connectivity index (χ4n) is 6.05. The molecule has 3 unspecified atom stereocenters. The SMILES string of the molecule is CC(C)CC(NC(=O)Oc1ccc(-c2ccccc2)s1)C(=O)N1CCC2C1C(=O)CN2C(=O)C1CCCC1. The number of hydrogen-bond donors (Lipinski definition) is 1. The molecule has 9 heteroatoms. The van der Waals surface area contributed by atoms with Gasteiger partial charge in [-0.3, -0.25) is 14.4 Å². The molecule has 38 heavy (non-hydrogen) atoms. The second kappa shape index (κ2) is 11.3. The lowest BCUT2D eigenvalue weighted by Gasteiger charge is -2.29. The Labute approximate surface area is 227 Å². The molecule has 3 aliphatic rings. The van der Waals surface area contributed by atoms with Crippen LogP contribution in [0.4, 0.5) is 4.79 Å². The van der Waals surface area contributed by atoms with Crippen LogP contribution in [0.15, 0.2) is 42.5 Å². The number of ketones is 1. The van der Waals surface area contributed by atoms with E-state index in [1.807, 2.05) is 50.2 Å². The fourth-order valence-corrected chi connectivity index (χ4v) is 6.91. The molecule has 0 bridgehead atoms. The number of benzene rings is 1. The standard InChI is InChI=1S/C29H35N3O5S/c1-18(2)16-21(30-29(36)37-25-13-12-24(38-25)19-8-4-3-5-9-19)28(35)31-15-14-22-26(31)23(33)17-32(22)27(34)20-10-6-7-11-20/h3-5,8-9,12-13,18,20-22,26H,6-7,10-11,14-17H2,1-2H3,(H,30,36). The molecule has 1 aromatic heterocycles. The molecule has 0 radical (unpaired) electrons. The van der Waals surface area contributed by atoms with Gasteiger partial charge in [-0.1, -0.05) is 68.4 Å². The summed E-state index contributed by atoms with van der Waals surface area (Å²) in [7, 11) is 0. The molecule has 8 nitrogen and oxygen atoms in total. The highest BCUT2D eigenvalue weighted by Gasteiger charge is 2.53. The Balaban J connectivity index is 1.24. The first kappa shape index (κ1) is 26.4. The Bertz CT molecular complexity index is 1190. The van der Waals surface area contributed by atoms with E-state index in [4.69, 9.17) is 4.74 Å². The minimum absolute atomic E-state index is 0.00362. The third-order valence-electron chi connectivity index (χ3n) is 7.82. The van der Waals surface area contributed by atoms with Crippen molar-refractivity contribution in [2.45, 2.75) is 70.5 Å². The van der Waals surface area contributed by atoms with Gasteiger partial charge in [-0.25, -0.2) is 4.79 Å². The first-order valence-corrected chi connectivity index (χ1v) is 14.4. The molecule has 5 rings (SSSR count). The summed E-state index contributed by atoms with van der Waals surface area (Å²) in [5.74, 6) is -0.193. The monoisotopic (exact) mass is 537 g/mol.